The minimum atomic E-state index is -0.203. The molecule has 1 aliphatic heterocycles. The molecule has 29 heavy (non-hydrogen) atoms. The topological polar surface area (TPSA) is 99.2 Å². The molecule has 0 spiro atoms. The van der Waals surface area contributed by atoms with Crippen LogP contribution >= 0.6 is 0 Å². The van der Waals surface area contributed by atoms with Crippen LogP contribution in [0, 0.1) is 5.92 Å². The monoisotopic (exact) mass is 398 g/mol. The molecule has 8 nitrogen and oxygen atoms in total. The van der Waals surface area contributed by atoms with E-state index in [-0.39, 0.29) is 17.9 Å². The Bertz CT molecular complexity index is 824. The predicted octanol–water partition coefficient (Wildman–Crippen LogP) is 2.47. The fourth-order valence-corrected chi connectivity index (χ4v) is 4.80. The van der Waals surface area contributed by atoms with Crippen molar-refractivity contribution in [3.63, 3.8) is 0 Å². The molecule has 2 fully saturated rings. The van der Waals surface area contributed by atoms with E-state index in [2.05, 4.69) is 26.5 Å². The molecule has 1 aromatic carbocycles. The second-order valence-corrected chi connectivity index (χ2v) is 8.13. The summed E-state index contributed by atoms with van der Waals surface area (Å²) in [6.07, 6.45) is 7.45. The smallest absolute Gasteiger partial charge is 0.220 e. The second-order valence-electron chi connectivity index (χ2n) is 8.13. The van der Waals surface area contributed by atoms with Crippen LogP contribution in [0.15, 0.2) is 24.3 Å². The number of hydrogen-bond acceptors (Lipinski definition) is 6. The van der Waals surface area contributed by atoms with Crippen LogP contribution < -0.4 is 10.5 Å². The number of nitrogens with zero attached hydrogens (tertiary/aromatic N) is 5. The van der Waals surface area contributed by atoms with Crippen LogP contribution in [-0.2, 0) is 4.79 Å². The van der Waals surface area contributed by atoms with Crippen molar-refractivity contribution in [2.75, 3.05) is 20.2 Å². The second kappa shape index (κ2) is 8.90. The summed E-state index contributed by atoms with van der Waals surface area (Å²) in [5.41, 5.74) is 6.60. The number of benzene rings is 1. The van der Waals surface area contributed by atoms with E-state index in [9.17, 15) is 4.79 Å². The summed E-state index contributed by atoms with van der Waals surface area (Å²) in [5, 5.41) is 12.9. The van der Waals surface area contributed by atoms with Gasteiger partial charge in [-0.25, -0.2) is 4.68 Å². The van der Waals surface area contributed by atoms with Gasteiger partial charge in [-0.3, -0.25) is 9.69 Å². The summed E-state index contributed by atoms with van der Waals surface area (Å²) in [6, 6.07) is 8.29. The van der Waals surface area contributed by atoms with Crippen LogP contribution in [-0.4, -0.2) is 51.2 Å². The number of ether oxygens (including phenoxy) is 1. The van der Waals surface area contributed by atoms with E-state index < -0.39 is 0 Å². The number of piperidine rings is 1. The average molecular weight is 399 g/mol. The van der Waals surface area contributed by atoms with E-state index >= 15 is 0 Å². The fourth-order valence-electron chi connectivity index (χ4n) is 4.80. The lowest BCUT2D eigenvalue weighted by Crippen LogP contribution is -2.42. The molecule has 2 aliphatic rings. The SMILES string of the molecule is COc1ccccc1[C@@H](c1nnnn1C1CCCCC1)N1CCC(C(N)=O)CC1. The largest absolute Gasteiger partial charge is 0.496 e. The van der Waals surface area contributed by atoms with Gasteiger partial charge in [-0.1, -0.05) is 37.5 Å². The molecular weight excluding hydrogens is 368 g/mol. The Morgan fingerprint density at radius 3 is 2.55 bits per heavy atom. The van der Waals surface area contributed by atoms with Crippen molar-refractivity contribution in [1.29, 1.82) is 0 Å². The Morgan fingerprint density at radius 1 is 1.14 bits per heavy atom. The maximum atomic E-state index is 11.6. The zero-order valence-electron chi connectivity index (χ0n) is 17.0. The zero-order chi connectivity index (χ0) is 20.2. The third-order valence-electron chi connectivity index (χ3n) is 6.41. The molecule has 2 heterocycles. The molecule has 0 bridgehead atoms. The lowest BCUT2D eigenvalue weighted by molar-refractivity contribution is -0.123. The van der Waals surface area contributed by atoms with Crippen molar-refractivity contribution in [2.24, 2.45) is 11.7 Å². The van der Waals surface area contributed by atoms with Crippen LogP contribution in [0.1, 0.15) is 68.4 Å². The molecular formula is C21H30N6O2. The molecule has 156 valence electrons. The van der Waals surface area contributed by atoms with Crippen molar-refractivity contribution >= 4 is 5.91 Å². The van der Waals surface area contributed by atoms with E-state index in [1.165, 1.54) is 19.3 Å². The summed E-state index contributed by atoms with van der Waals surface area (Å²) in [7, 11) is 1.69. The van der Waals surface area contributed by atoms with Crippen LogP contribution in [0.5, 0.6) is 5.75 Å². The normalized spacial score (nSPS) is 20.4. The highest BCUT2D eigenvalue weighted by Gasteiger charge is 2.35. The number of aromatic nitrogens is 4. The molecule has 1 aromatic heterocycles. The van der Waals surface area contributed by atoms with Crippen molar-refractivity contribution in [1.82, 2.24) is 25.1 Å². The first kappa shape index (κ1) is 19.8. The zero-order valence-corrected chi connectivity index (χ0v) is 17.0. The number of carbonyl (C=O) groups excluding carboxylic acids is 1. The number of hydrogen-bond donors (Lipinski definition) is 1. The number of rotatable bonds is 6. The molecule has 2 N–H and O–H groups in total. The molecule has 1 atom stereocenters. The van der Waals surface area contributed by atoms with Crippen LogP contribution in [0.25, 0.3) is 0 Å². The van der Waals surface area contributed by atoms with Crippen molar-refractivity contribution in [2.45, 2.75) is 57.0 Å². The average Bonchev–Trinajstić information content (AvgIpc) is 3.25. The predicted molar refractivity (Wildman–Crippen MR) is 108 cm³/mol. The minimum absolute atomic E-state index is 0.0566. The summed E-state index contributed by atoms with van der Waals surface area (Å²) < 4.78 is 7.72. The van der Waals surface area contributed by atoms with Crippen molar-refractivity contribution in [3.05, 3.63) is 35.7 Å². The first-order chi connectivity index (χ1) is 14.2. The third-order valence-corrected chi connectivity index (χ3v) is 6.41. The van der Waals surface area contributed by atoms with Crippen LogP contribution in [0.4, 0.5) is 0 Å². The van der Waals surface area contributed by atoms with E-state index in [0.717, 1.165) is 55.9 Å². The van der Waals surface area contributed by atoms with Gasteiger partial charge < -0.3 is 10.5 Å². The van der Waals surface area contributed by atoms with Gasteiger partial charge in [0.25, 0.3) is 0 Å². The number of amides is 1. The molecule has 1 saturated heterocycles. The van der Waals surface area contributed by atoms with Gasteiger partial charge in [0.1, 0.15) is 11.8 Å². The Labute approximate surface area is 171 Å². The number of carbonyl (C=O) groups is 1. The Balaban J connectivity index is 1.70. The van der Waals surface area contributed by atoms with Gasteiger partial charge in [-0.15, -0.1) is 5.10 Å². The minimum Gasteiger partial charge on any atom is -0.496 e. The molecule has 4 rings (SSSR count). The first-order valence-electron chi connectivity index (χ1n) is 10.6. The highest BCUT2D eigenvalue weighted by Crippen LogP contribution is 2.38. The van der Waals surface area contributed by atoms with E-state index in [4.69, 9.17) is 10.5 Å². The summed E-state index contributed by atoms with van der Waals surface area (Å²) in [6.45, 7) is 1.54. The molecule has 0 unspecified atom stereocenters. The van der Waals surface area contributed by atoms with Gasteiger partial charge in [-0.05, 0) is 55.3 Å². The van der Waals surface area contributed by atoms with Gasteiger partial charge in [0, 0.05) is 11.5 Å². The lowest BCUT2D eigenvalue weighted by Gasteiger charge is -2.37. The van der Waals surface area contributed by atoms with E-state index in [1.54, 1.807) is 7.11 Å². The first-order valence-corrected chi connectivity index (χ1v) is 10.6. The highest BCUT2D eigenvalue weighted by molar-refractivity contribution is 5.76. The standard InChI is InChI=1S/C21H30N6O2/c1-29-18-10-6-5-9-17(18)19(26-13-11-15(12-14-26)20(22)28)21-23-24-25-27(21)16-7-3-2-4-8-16/h5-6,9-10,15-16,19H,2-4,7-8,11-14H2,1H3,(H2,22,28)/t19-/m0/s1. The number of tetrazole rings is 1. The number of primary amides is 1. The molecule has 1 amide bonds. The number of para-hydroxylation sites is 1. The van der Waals surface area contributed by atoms with Gasteiger partial charge in [0.05, 0.1) is 13.2 Å². The maximum Gasteiger partial charge on any atom is 0.220 e. The summed E-state index contributed by atoms with van der Waals surface area (Å²) >= 11 is 0. The molecule has 1 aliphatic carbocycles. The Kier molecular flexibility index (Phi) is 6.08. The van der Waals surface area contributed by atoms with Crippen molar-refractivity contribution in [3.8, 4) is 5.75 Å². The Hall–Kier alpha value is -2.48. The molecule has 0 radical (unpaired) electrons. The number of nitrogens with two attached hydrogens (primary N) is 1. The van der Waals surface area contributed by atoms with Crippen LogP contribution in [0.2, 0.25) is 0 Å². The molecule has 2 aromatic rings. The Morgan fingerprint density at radius 2 is 1.86 bits per heavy atom. The van der Waals surface area contributed by atoms with E-state index in [1.807, 2.05) is 22.9 Å². The van der Waals surface area contributed by atoms with E-state index in [0.29, 0.717) is 6.04 Å². The van der Waals surface area contributed by atoms with Gasteiger partial charge in [0.2, 0.25) is 5.91 Å². The number of methoxy groups -OCH3 is 1. The third kappa shape index (κ3) is 4.12. The lowest BCUT2D eigenvalue weighted by atomic mass is 9.92. The summed E-state index contributed by atoms with van der Waals surface area (Å²) in [5.74, 6) is 1.43. The van der Waals surface area contributed by atoms with Gasteiger partial charge in [-0.2, -0.15) is 0 Å². The summed E-state index contributed by atoms with van der Waals surface area (Å²) in [4.78, 5) is 14.0. The van der Waals surface area contributed by atoms with Gasteiger partial charge >= 0.3 is 0 Å². The number of likely N-dealkylation sites (tertiary alicyclic amines) is 1. The van der Waals surface area contributed by atoms with Crippen molar-refractivity contribution < 1.29 is 9.53 Å². The molecule has 1 saturated carbocycles. The van der Waals surface area contributed by atoms with Crippen LogP contribution in [0.3, 0.4) is 0 Å². The fraction of sp³-hybridized carbons (Fsp3) is 0.619. The quantitative estimate of drug-likeness (QED) is 0.802. The van der Waals surface area contributed by atoms with Gasteiger partial charge in [0.15, 0.2) is 5.82 Å². The highest BCUT2D eigenvalue weighted by atomic mass is 16.5. The molecule has 8 heteroatoms. The maximum absolute atomic E-state index is 11.6.